The maximum atomic E-state index is 12.2. The number of rotatable bonds is 7. The average Bonchev–Trinajstić information content (AvgIpc) is 3.22. The van der Waals surface area contributed by atoms with Crippen LogP contribution in [0.2, 0.25) is 0 Å². The predicted octanol–water partition coefficient (Wildman–Crippen LogP) is 1.60. The van der Waals surface area contributed by atoms with Crippen LogP contribution in [-0.2, 0) is 14.8 Å². The highest BCUT2D eigenvalue weighted by Crippen LogP contribution is 2.19. The third-order valence-corrected chi connectivity index (χ3v) is 5.23. The number of nitrogens with one attached hydrogen (secondary N) is 2. The van der Waals surface area contributed by atoms with Crippen molar-refractivity contribution in [2.24, 2.45) is 5.14 Å². The number of nitrogens with two attached hydrogens (primary N) is 1. The van der Waals surface area contributed by atoms with Crippen molar-refractivity contribution in [3.63, 3.8) is 0 Å². The summed E-state index contributed by atoms with van der Waals surface area (Å²) < 4.78 is 27.8. The van der Waals surface area contributed by atoms with Crippen molar-refractivity contribution >= 4 is 21.8 Å². The van der Waals surface area contributed by atoms with E-state index in [4.69, 9.17) is 9.66 Å². The van der Waals surface area contributed by atoms with Gasteiger partial charge in [0.25, 0.3) is 5.91 Å². The molecule has 4 N–H and O–H groups in total. The molecular weight excluding hydrogens is 408 g/mol. The predicted molar refractivity (Wildman–Crippen MR) is 109 cm³/mol. The van der Waals surface area contributed by atoms with E-state index >= 15 is 0 Å². The van der Waals surface area contributed by atoms with Gasteiger partial charge < -0.3 is 15.2 Å². The summed E-state index contributed by atoms with van der Waals surface area (Å²) in [6, 6.07) is 16.1. The first-order valence-corrected chi connectivity index (χ1v) is 10.5. The Labute approximate surface area is 173 Å². The van der Waals surface area contributed by atoms with Gasteiger partial charge in [-0.15, -0.1) is 0 Å². The monoisotopic (exact) mass is 428 g/mol. The lowest BCUT2D eigenvalue weighted by molar-refractivity contribution is -0.120. The molecule has 3 aromatic rings. The molecule has 0 fully saturated rings. The van der Waals surface area contributed by atoms with E-state index in [1.54, 1.807) is 19.1 Å². The van der Waals surface area contributed by atoms with E-state index in [-0.39, 0.29) is 17.1 Å². The first-order valence-electron chi connectivity index (χ1n) is 8.96. The van der Waals surface area contributed by atoms with Crippen molar-refractivity contribution in [2.75, 3.05) is 6.54 Å². The second kappa shape index (κ2) is 8.89. The molecule has 10 heteroatoms. The van der Waals surface area contributed by atoms with Crippen LogP contribution in [0.3, 0.4) is 0 Å². The maximum absolute atomic E-state index is 12.2. The van der Waals surface area contributed by atoms with Crippen molar-refractivity contribution in [1.82, 2.24) is 15.8 Å². The zero-order valence-electron chi connectivity index (χ0n) is 16.0. The third kappa shape index (κ3) is 5.31. The molecule has 0 spiro atoms. The van der Waals surface area contributed by atoms with Gasteiger partial charge in [0, 0.05) is 11.6 Å². The molecule has 9 nitrogen and oxygen atoms in total. The molecule has 2 aromatic carbocycles. The largest absolute Gasteiger partial charge is 0.355 e. The first-order chi connectivity index (χ1) is 14.2. The fourth-order valence-corrected chi connectivity index (χ4v) is 3.21. The van der Waals surface area contributed by atoms with Gasteiger partial charge in [0.05, 0.1) is 17.5 Å². The van der Waals surface area contributed by atoms with Gasteiger partial charge in [-0.2, -0.15) is 0 Å². The minimum absolute atomic E-state index is 0.0143. The second-order valence-electron chi connectivity index (χ2n) is 6.53. The van der Waals surface area contributed by atoms with Crippen LogP contribution in [0.1, 0.15) is 29.0 Å². The third-order valence-electron chi connectivity index (χ3n) is 4.30. The van der Waals surface area contributed by atoms with Crippen molar-refractivity contribution in [3.05, 3.63) is 71.9 Å². The molecule has 1 heterocycles. The summed E-state index contributed by atoms with van der Waals surface area (Å²) in [6.07, 6.45) is 0. The summed E-state index contributed by atoms with van der Waals surface area (Å²) in [5, 5.41) is 14.0. The standard InChI is InChI=1S/C20H20N4O5S/c1-13(14-7-9-16(10-8-14)30(21,27)28)23-19(25)12-22-20(26)17-11-18(29-24-17)15-5-3-2-4-6-15/h2-11,13H,12H2,1H3,(H,22,26)(H,23,25)(H2,21,27,28). The quantitative estimate of drug-likeness (QED) is 0.521. The number of amides is 2. The summed E-state index contributed by atoms with van der Waals surface area (Å²) >= 11 is 0. The number of nitrogens with zero attached hydrogens (tertiary/aromatic N) is 1. The summed E-state index contributed by atoms with van der Waals surface area (Å²) in [7, 11) is -3.78. The van der Waals surface area contributed by atoms with Gasteiger partial charge in [0.2, 0.25) is 15.9 Å². The van der Waals surface area contributed by atoms with Gasteiger partial charge in [-0.25, -0.2) is 13.6 Å². The van der Waals surface area contributed by atoms with Gasteiger partial charge in [0.1, 0.15) is 0 Å². The molecule has 156 valence electrons. The van der Waals surface area contributed by atoms with Gasteiger partial charge in [0.15, 0.2) is 11.5 Å². The normalized spacial score (nSPS) is 12.2. The van der Waals surface area contributed by atoms with E-state index < -0.39 is 27.9 Å². The van der Waals surface area contributed by atoms with Gasteiger partial charge in [-0.1, -0.05) is 47.6 Å². The Bertz CT molecular complexity index is 1140. The highest BCUT2D eigenvalue weighted by atomic mass is 32.2. The molecule has 0 aliphatic carbocycles. The zero-order chi connectivity index (χ0) is 21.7. The van der Waals surface area contributed by atoms with Gasteiger partial charge in [-0.3, -0.25) is 9.59 Å². The molecule has 1 unspecified atom stereocenters. The molecule has 3 rings (SSSR count). The lowest BCUT2D eigenvalue weighted by atomic mass is 10.1. The van der Waals surface area contributed by atoms with Crippen LogP contribution in [0, 0.1) is 0 Å². The maximum Gasteiger partial charge on any atom is 0.273 e. The van der Waals surface area contributed by atoms with Crippen LogP contribution in [0.4, 0.5) is 0 Å². The molecule has 0 saturated heterocycles. The van der Waals surface area contributed by atoms with Gasteiger partial charge in [-0.05, 0) is 24.6 Å². The number of carbonyl (C=O) groups is 2. The molecule has 2 amide bonds. The Kier molecular flexibility index (Phi) is 6.28. The van der Waals surface area contributed by atoms with Crippen LogP contribution in [-0.4, -0.2) is 31.9 Å². The number of carbonyl (C=O) groups excluding carboxylic acids is 2. The molecule has 0 aliphatic rings. The van der Waals surface area contributed by atoms with E-state index in [2.05, 4.69) is 15.8 Å². The number of aromatic nitrogens is 1. The first kappa shape index (κ1) is 21.2. The van der Waals surface area contributed by atoms with E-state index in [1.807, 2.05) is 30.3 Å². The van der Waals surface area contributed by atoms with Crippen LogP contribution in [0.15, 0.2) is 70.1 Å². The van der Waals surface area contributed by atoms with Crippen LogP contribution >= 0.6 is 0 Å². The Balaban J connectivity index is 1.53. The number of primary sulfonamides is 1. The Hall–Kier alpha value is -3.50. The minimum Gasteiger partial charge on any atom is -0.355 e. The molecule has 0 saturated carbocycles. The van der Waals surface area contributed by atoms with E-state index in [9.17, 15) is 18.0 Å². The van der Waals surface area contributed by atoms with Crippen LogP contribution < -0.4 is 15.8 Å². The second-order valence-corrected chi connectivity index (χ2v) is 8.09. The highest BCUT2D eigenvalue weighted by molar-refractivity contribution is 7.89. The van der Waals surface area contributed by atoms with Crippen molar-refractivity contribution in [1.29, 1.82) is 0 Å². The summed E-state index contributed by atoms with van der Waals surface area (Å²) in [5.74, 6) is -0.513. The molecule has 0 bridgehead atoms. The molecule has 1 atom stereocenters. The fraction of sp³-hybridized carbons (Fsp3) is 0.150. The SMILES string of the molecule is CC(NC(=O)CNC(=O)c1cc(-c2ccccc2)on1)c1ccc(S(N)(=O)=O)cc1. The fourth-order valence-electron chi connectivity index (χ4n) is 2.69. The number of benzene rings is 2. The van der Waals surface area contributed by atoms with E-state index in [1.165, 1.54) is 18.2 Å². The lowest BCUT2D eigenvalue weighted by Crippen LogP contribution is -2.38. The molecular formula is C20H20N4O5S. The molecule has 0 aliphatic heterocycles. The minimum atomic E-state index is -3.78. The number of hydrogen-bond acceptors (Lipinski definition) is 6. The molecule has 30 heavy (non-hydrogen) atoms. The Morgan fingerprint density at radius 1 is 1.10 bits per heavy atom. The highest BCUT2D eigenvalue weighted by Gasteiger charge is 2.16. The van der Waals surface area contributed by atoms with Crippen molar-refractivity contribution < 1.29 is 22.5 Å². The smallest absolute Gasteiger partial charge is 0.273 e. The Morgan fingerprint density at radius 2 is 1.77 bits per heavy atom. The zero-order valence-corrected chi connectivity index (χ0v) is 16.8. The molecule has 1 aromatic heterocycles. The Morgan fingerprint density at radius 3 is 2.40 bits per heavy atom. The van der Waals surface area contributed by atoms with E-state index in [0.717, 1.165) is 5.56 Å². The van der Waals surface area contributed by atoms with Crippen LogP contribution in [0.5, 0.6) is 0 Å². The molecule has 0 radical (unpaired) electrons. The van der Waals surface area contributed by atoms with Crippen molar-refractivity contribution in [3.8, 4) is 11.3 Å². The van der Waals surface area contributed by atoms with Crippen molar-refractivity contribution in [2.45, 2.75) is 17.9 Å². The van der Waals surface area contributed by atoms with E-state index in [0.29, 0.717) is 11.3 Å². The topological polar surface area (TPSA) is 144 Å². The van der Waals surface area contributed by atoms with Gasteiger partial charge >= 0.3 is 0 Å². The summed E-state index contributed by atoms with van der Waals surface area (Å²) in [5.41, 5.74) is 1.53. The van der Waals surface area contributed by atoms with Crippen LogP contribution in [0.25, 0.3) is 11.3 Å². The lowest BCUT2D eigenvalue weighted by Gasteiger charge is -2.15. The summed E-state index contributed by atoms with van der Waals surface area (Å²) in [4.78, 5) is 24.3. The number of hydrogen-bond donors (Lipinski definition) is 3. The average molecular weight is 428 g/mol. The number of sulfonamides is 1. The summed E-state index contributed by atoms with van der Waals surface area (Å²) in [6.45, 7) is 1.47.